The minimum atomic E-state index is 1.05. The Bertz CT molecular complexity index is 321. The lowest BCUT2D eigenvalue weighted by Crippen LogP contribution is -2.43. The summed E-state index contributed by atoms with van der Waals surface area (Å²) in [6, 6.07) is 2.13. The molecule has 76 valence electrons. The number of halogens is 1. The minimum absolute atomic E-state index is 1.05. The maximum absolute atomic E-state index is 4.41. The number of nitrogens with one attached hydrogen (secondary N) is 1. The van der Waals surface area contributed by atoms with Crippen molar-refractivity contribution in [2.24, 2.45) is 0 Å². The number of piperazine rings is 1. The van der Waals surface area contributed by atoms with E-state index in [9.17, 15) is 0 Å². The molecule has 2 rings (SSSR count). The van der Waals surface area contributed by atoms with Crippen LogP contribution in [0.5, 0.6) is 0 Å². The molecule has 0 bridgehead atoms. The van der Waals surface area contributed by atoms with E-state index in [1.807, 2.05) is 6.20 Å². The van der Waals surface area contributed by atoms with Gasteiger partial charge in [0.2, 0.25) is 0 Å². The first-order valence-corrected chi connectivity index (χ1v) is 5.64. The predicted molar refractivity (Wildman–Crippen MR) is 61.8 cm³/mol. The van der Waals surface area contributed by atoms with Crippen molar-refractivity contribution in [3.8, 4) is 0 Å². The number of aryl methyl sites for hydroxylation is 1. The summed E-state index contributed by atoms with van der Waals surface area (Å²) >= 11 is 3.46. The molecule has 0 amide bonds. The molecule has 3 nitrogen and oxygen atoms in total. The highest BCUT2D eigenvalue weighted by Crippen LogP contribution is 2.19. The number of anilines is 1. The van der Waals surface area contributed by atoms with Gasteiger partial charge in [0.25, 0.3) is 0 Å². The van der Waals surface area contributed by atoms with Crippen molar-refractivity contribution >= 4 is 21.7 Å². The Balaban J connectivity index is 2.18. The van der Waals surface area contributed by atoms with Crippen LogP contribution in [0.25, 0.3) is 0 Å². The van der Waals surface area contributed by atoms with Gasteiger partial charge < -0.3 is 10.2 Å². The van der Waals surface area contributed by atoms with Gasteiger partial charge in [0, 0.05) is 36.8 Å². The Kier molecular flexibility index (Phi) is 3.03. The normalized spacial score (nSPS) is 17.1. The Hall–Kier alpha value is -0.610. The van der Waals surface area contributed by atoms with Gasteiger partial charge in [-0.1, -0.05) is 0 Å². The minimum Gasteiger partial charge on any atom is -0.354 e. The SMILES string of the molecule is Cc1cc(N2CCNCC2)ncc1Br. The van der Waals surface area contributed by atoms with E-state index < -0.39 is 0 Å². The molecular formula is C10H14BrN3. The third-order valence-electron chi connectivity index (χ3n) is 2.47. The Morgan fingerprint density at radius 2 is 2.14 bits per heavy atom. The first-order chi connectivity index (χ1) is 6.77. The third-order valence-corrected chi connectivity index (χ3v) is 3.30. The van der Waals surface area contributed by atoms with Gasteiger partial charge in [0.1, 0.15) is 5.82 Å². The van der Waals surface area contributed by atoms with Crippen LogP contribution in [-0.4, -0.2) is 31.2 Å². The zero-order valence-electron chi connectivity index (χ0n) is 8.26. The lowest BCUT2D eigenvalue weighted by molar-refractivity contribution is 0.585. The molecule has 1 aliphatic rings. The lowest BCUT2D eigenvalue weighted by atomic mass is 10.2. The van der Waals surface area contributed by atoms with E-state index >= 15 is 0 Å². The van der Waals surface area contributed by atoms with Crippen molar-refractivity contribution in [2.45, 2.75) is 6.92 Å². The van der Waals surface area contributed by atoms with Crippen molar-refractivity contribution in [3.05, 3.63) is 22.3 Å². The van der Waals surface area contributed by atoms with Crippen LogP contribution in [0.1, 0.15) is 5.56 Å². The van der Waals surface area contributed by atoms with Gasteiger partial charge in [-0.25, -0.2) is 4.98 Å². The zero-order valence-corrected chi connectivity index (χ0v) is 9.84. The van der Waals surface area contributed by atoms with Crippen molar-refractivity contribution in [1.29, 1.82) is 0 Å². The van der Waals surface area contributed by atoms with E-state index in [1.165, 1.54) is 5.56 Å². The van der Waals surface area contributed by atoms with E-state index in [0.717, 1.165) is 36.5 Å². The topological polar surface area (TPSA) is 28.2 Å². The second kappa shape index (κ2) is 4.28. The molecule has 1 saturated heterocycles. The highest BCUT2D eigenvalue weighted by molar-refractivity contribution is 9.10. The fourth-order valence-corrected chi connectivity index (χ4v) is 1.81. The van der Waals surface area contributed by atoms with E-state index in [1.54, 1.807) is 0 Å². The van der Waals surface area contributed by atoms with Gasteiger partial charge >= 0.3 is 0 Å². The van der Waals surface area contributed by atoms with Crippen LogP contribution in [0.15, 0.2) is 16.7 Å². The molecule has 14 heavy (non-hydrogen) atoms. The van der Waals surface area contributed by atoms with Crippen molar-refractivity contribution in [1.82, 2.24) is 10.3 Å². The van der Waals surface area contributed by atoms with Crippen LogP contribution in [0.3, 0.4) is 0 Å². The summed E-state index contributed by atoms with van der Waals surface area (Å²) in [5.74, 6) is 1.09. The van der Waals surface area contributed by atoms with Crippen molar-refractivity contribution in [2.75, 3.05) is 31.1 Å². The third kappa shape index (κ3) is 2.07. The van der Waals surface area contributed by atoms with E-state index in [2.05, 4.69) is 44.1 Å². The number of hydrogen-bond donors (Lipinski definition) is 1. The number of nitrogens with zero attached hydrogens (tertiary/aromatic N) is 2. The first kappa shape index (κ1) is 9.93. The standard InChI is InChI=1S/C10H14BrN3/c1-8-6-10(13-7-9(8)11)14-4-2-12-3-5-14/h6-7,12H,2-5H2,1H3. The van der Waals surface area contributed by atoms with Gasteiger partial charge in [0.05, 0.1) is 0 Å². The Labute approximate surface area is 92.6 Å². The summed E-state index contributed by atoms with van der Waals surface area (Å²) in [4.78, 5) is 6.73. The molecule has 0 aromatic carbocycles. The van der Waals surface area contributed by atoms with Gasteiger partial charge in [-0.3, -0.25) is 0 Å². The summed E-state index contributed by atoms with van der Waals surface area (Å²) in [7, 11) is 0. The largest absolute Gasteiger partial charge is 0.354 e. The van der Waals surface area contributed by atoms with Crippen LogP contribution in [-0.2, 0) is 0 Å². The summed E-state index contributed by atoms with van der Waals surface area (Å²) in [6.07, 6.45) is 1.88. The zero-order chi connectivity index (χ0) is 9.97. The van der Waals surface area contributed by atoms with Crippen LogP contribution in [0.4, 0.5) is 5.82 Å². The number of rotatable bonds is 1. The highest BCUT2D eigenvalue weighted by atomic mass is 79.9. The predicted octanol–water partition coefficient (Wildman–Crippen LogP) is 1.56. The fourth-order valence-electron chi connectivity index (χ4n) is 1.59. The first-order valence-electron chi connectivity index (χ1n) is 4.85. The molecule has 2 heterocycles. The van der Waals surface area contributed by atoms with E-state index in [4.69, 9.17) is 0 Å². The number of aromatic nitrogens is 1. The molecule has 1 aliphatic heterocycles. The van der Waals surface area contributed by atoms with Crippen LogP contribution in [0.2, 0.25) is 0 Å². The van der Waals surface area contributed by atoms with Crippen molar-refractivity contribution < 1.29 is 0 Å². The van der Waals surface area contributed by atoms with Crippen LogP contribution in [0, 0.1) is 6.92 Å². The van der Waals surface area contributed by atoms with Crippen LogP contribution >= 0.6 is 15.9 Å². The fraction of sp³-hybridized carbons (Fsp3) is 0.500. The van der Waals surface area contributed by atoms with Gasteiger partial charge in [-0.2, -0.15) is 0 Å². The van der Waals surface area contributed by atoms with Crippen LogP contribution < -0.4 is 10.2 Å². The molecule has 1 N–H and O–H groups in total. The van der Waals surface area contributed by atoms with E-state index in [-0.39, 0.29) is 0 Å². The summed E-state index contributed by atoms with van der Waals surface area (Å²) < 4.78 is 1.08. The molecule has 0 aliphatic carbocycles. The summed E-state index contributed by atoms with van der Waals surface area (Å²) in [5.41, 5.74) is 1.24. The van der Waals surface area contributed by atoms with Crippen molar-refractivity contribution in [3.63, 3.8) is 0 Å². The molecular weight excluding hydrogens is 242 g/mol. The number of hydrogen-bond acceptors (Lipinski definition) is 3. The molecule has 1 aromatic rings. The maximum atomic E-state index is 4.41. The monoisotopic (exact) mass is 255 g/mol. The van der Waals surface area contributed by atoms with Gasteiger partial charge in [0.15, 0.2) is 0 Å². The summed E-state index contributed by atoms with van der Waals surface area (Å²) in [5, 5.41) is 3.33. The maximum Gasteiger partial charge on any atom is 0.128 e. The smallest absolute Gasteiger partial charge is 0.128 e. The quantitative estimate of drug-likeness (QED) is 0.826. The van der Waals surface area contributed by atoms with Gasteiger partial charge in [-0.05, 0) is 34.5 Å². The lowest BCUT2D eigenvalue weighted by Gasteiger charge is -2.28. The second-order valence-electron chi connectivity index (χ2n) is 3.53. The molecule has 0 atom stereocenters. The average molecular weight is 256 g/mol. The number of pyridine rings is 1. The average Bonchev–Trinajstić information content (AvgIpc) is 2.23. The van der Waals surface area contributed by atoms with E-state index in [0.29, 0.717) is 0 Å². The molecule has 4 heteroatoms. The molecule has 0 unspecified atom stereocenters. The Morgan fingerprint density at radius 3 is 2.79 bits per heavy atom. The highest BCUT2D eigenvalue weighted by Gasteiger charge is 2.11. The molecule has 0 radical (unpaired) electrons. The Morgan fingerprint density at radius 1 is 1.43 bits per heavy atom. The van der Waals surface area contributed by atoms with Gasteiger partial charge in [-0.15, -0.1) is 0 Å². The molecule has 1 fully saturated rings. The molecule has 0 spiro atoms. The summed E-state index contributed by atoms with van der Waals surface area (Å²) in [6.45, 7) is 6.30. The second-order valence-corrected chi connectivity index (χ2v) is 4.38. The molecule has 0 saturated carbocycles. The molecule has 1 aromatic heterocycles.